The molecule has 0 spiro atoms. The van der Waals surface area contributed by atoms with Crippen molar-refractivity contribution in [1.82, 2.24) is 19.4 Å². The predicted octanol–water partition coefficient (Wildman–Crippen LogP) is 2.87. The first-order valence-corrected chi connectivity index (χ1v) is 12.1. The number of aromatic nitrogens is 2. The monoisotopic (exact) mass is 477 g/mol. The first-order valence-electron chi connectivity index (χ1n) is 11.3. The molecule has 3 aliphatic heterocycles. The first-order chi connectivity index (χ1) is 14.7. The third kappa shape index (κ3) is 4.33. The van der Waals surface area contributed by atoms with E-state index < -0.39 is 0 Å². The molecule has 0 bridgehead atoms. The first kappa shape index (κ1) is 20.5. The zero-order valence-corrected chi connectivity index (χ0v) is 19.4. The lowest BCUT2D eigenvalue weighted by atomic mass is 10.0. The summed E-state index contributed by atoms with van der Waals surface area (Å²) < 4.78 is 14.9. The molecule has 3 saturated heterocycles. The van der Waals surface area contributed by atoms with Crippen LogP contribution in [0.4, 0.5) is 5.69 Å². The molecule has 0 atom stereocenters. The summed E-state index contributed by atoms with van der Waals surface area (Å²) in [6.07, 6.45) is 8.55. The van der Waals surface area contributed by atoms with Gasteiger partial charge in [-0.25, -0.2) is 4.52 Å². The Morgan fingerprint density at radius 2 is 1.77 bits per heavy atom. The normalized spacial score (nSPS) is 23.3. The highest BCUT2D eigenvalue weighted by Gasteiger charge is 2.28. The number of piperidine rings is 1. The van der Waals surface area contributed by atoms with E-state index in [0.29, 0.717) is 0 Å². The van der Waals surface area contributed by atoms with Crippen LogP contribution in [0, 0.1) is 0 Å². The number of nitrogens with zero attached hydrogens (tertiary/aromatic N) is 5. The van der Waals surface area contributed by atoms with Crippen molar-refractivity contribution >= 4 is 27.1 Å². The summed E-state index contributed by atoms with van der Waals surface area (Å²) in [4.78, 5) is 7.63. The quantitative estimate of drug-likeness (QED) is 0.674. The highest BCUT2D eigenvalue weighted by molar-refractivity contribution is 9.10. The molecule has 0 radical (unpaired) electrons. The predicted molar refractivity (Wildman–Crippen MR) is 122 cm³/mol. The van der Waals surface area contributed by atoms with Gasteiger partial charge in [-0.3, -0.25) is 4.90 Å². The van der Waals surface area contributed by atoms with Gasteiger partial charge in [-0.1, -0.05) is 0 Å². The third-order valence-corrected chi connectivity index (χ3v) is 7.44. The van der Waals surface area contributed by atoms with Crippen LogP contribution in [0.25, 0.3) is 5.52 Å². The molecule has 3 aliphatic rings. The summed E-state index contributed by atoms with van der Waals surface area (Å²) in [7, 11) is 2.23. The van der Waals surface area contributed by atoms with Crippen molar-refractivity contribution in [2.75, 3.05) is 64.4 Å². The van der Waals surface area contributed by atoms with Crippen LogP contribution in [0.3, 0.4) is 0 Å². The largest absolute Gasteiger partial charge is 0.488 e. The Hall–Kier alpha value is -1.35. The zero-order chi connectivity index (χ0) is 20.5. The average Bonchev–Trinajstić information content (AvgIpc) is 3.16. The number of likely N-dealkylation sites (N-methyl/N-ethyl adjacent to an activating group) is 1. The Morgan fingerprint density at radius 3 is 2.50 bits per heavy atom. The maximum Gasteiger partial charge on any atom is 0.148 e. The minimum Gasteiger partial charge on any atom is -0.488 e. The molecule has 30 heavy (non-hydrogen) atoms. The fraction of sp³-hybridized carbons (Fsp3) is 0.682. The minimum absolute atomic E-state index is 0.211. The van der Waals surface area contributed by atoms with E-state index in [-0.39, 0.29) is 6.10 Å². The number of ether oxygens (including phenoxy) is 2. The van der Waals surface area contributed by atoms with Crippen molar-refractivity contribution in [3.8, 4) is 5.75 Å². The molecular formula is C22H32BrN5O2. The van der Waals surface area contributed by atoms with Gasteiger partial charge in [-0.05, 0) is 35.8 Å². The molecule has 8 heteroatoms. The van der Waals surface area contributed by atoms with Crippen LogP contribution in [-0.2, 0) is 4.74 Å². The van der Waals surface area contributed by atoms with E-state index in [0.717, 1.165) is 60.9 Å². The van der Waals surface area contributed by atoms with E-state index in [4.69, 9.17) is 9.47 Å². The van der Waals surface area contributed by atoms with Crippen molar-refractivity contribution in [2.24, 2.45) is 0 Å². The Bertz CT molecular complexity index is 853. The van der Waals surface area contributed by atoms with Gasteiger partial charge in [0.2, 0.25) is 0 Å². The molecule has 0 unspecified atom stereocenters. The third-order valence-electron chi connectivity index (χ3n) is 6.86. The summed E-state index contributed by atoms with van der Waals surface area (Å²) in [6, 6.07) is 2.93. The van der Waals surface area contributed by atoms with Gasteiger partial charge in [0.15, 0.2) is 0 Å². The number of fused-ring (bicyclic) bond motifs is 1. The number of hydrogen-bond acceptors (Lipinski definition) is 6. The van der Waals surface area contributed by atoms with Gasteiger partial charge < -0.3 is 19.3 Å². The maximum atomic E-state index is 6.46. The van der Waals surface area contributed by atoms with Crippen molar-refractivity contribution < 1.29 is 9.47 Å². The lowest BCUT2D eigenvalue weighted by Gasteiger charge is -2.42. The molecule has 5 rings (SSSR count). The molecule has 0 aliphatic carbocycles. The standard InChI is InChI=1S/C22H32BrN5O2/c1-25-8-10-27(11-9-25)17-2-6-26(7-3-17)18-14-21(30-19-4-12-29-13-5-19)22-20(23)15-24-28(22)16-18/h14-17,19H,2-13H2,1H3. The molecule has 0 saturated carbocycles. The van der Waals surface area contributed by atoms with Crippen LogP contribution in [0.1, 0.15) is 25.7 Å². The van der Waals surface area contributed by atoms with E-state index in [1.165, 1.54) is 44.7 Å². The van der Waals surface area contributed by atoms with Gasteiger partial charge >= 0.3 is 0 Å². The van der Waals surface area contributed by atoms with Gasteiger partial charge in [0, 0.05) is 64.2 Å². The minimum atomic E-state index is 0.211. The van der Waals surface area contributed by atoms with Crippen LogP contribution in [-0.4, -0.2) is 91.1 Å². The van der Waals surface area contributed by atoms with Gasteiger partial charge in [0.05, 0.1) is 35.8 Å². The van der Waals surface area contributed by atoms with Crippen LogP contribution in [0.2, 0.25) is 0 Å². The summed E-state index contributed by atoms with van der Waals surface area (Å²) in [6.45, 7) is 8.52. The summed E-state index contributed by atoms with van der Waals surface area (Å²) in [5.41, 5.74) is 2.22. The Labute approximate surface area is 187 Å². The van der Waals surface area contributed by atoms with Gasteiger partial charge in [0.25, 0.3) is 0 Å². The van der Waals surface area contributed by atoms with Gasteiger partial charge in [-0.2, -0.15) is 5.10 Å². The van der Waals surface area contributed by atoms with Gasteiger partial charge in [0.1, 0.15) is 17.4 Å². The van der Waals surface area contributed by atoms with Crippen molar-refractivity contribution in [1.29, 1.82) is 0 Å². The molecule has 0 amide bonds. The number of pyridine rings is 1. The smallest absolute Gasteiger partial charge is 0.148 e. The molecule has 2 aromatic heterocycles. The number of halogens is 1. The molecule has 7 nitrogen and oxygen atoms in total. The van der Waals surface area contributed by atoms with Crippen LogP contribution < -0.4 is 9.64 Å². The van der Waals surface area contributed by atoms with Crippen molar-refractivity contribution in [3.63, 3.8) is 0 Å². The van der Waals surface area contributed by atoms with E-state index in [1.807, 2.05) is 10.7 Å². The van der Waals surface area contributed by atoms with Crippen LogP contribution >= 0.6 is 15.9 Å². The molecule has 5 heterocycles. The fourth-order valence-corrected chi connectivity index (χ4v) is 5.42. The van der Waals surface area contributed by atoms with Crippen molar-refractivity contribution in [2.45, 2.75) is 37.8 Å². The average molecular weight is 478 g/mol. The molecule has 0 N–H and O–H groups in total. The maximum absolute atomic E-state index is 6.46. The zero-order valence-electron chi connectivity index (χ0n) is 17.8. The molecular weight excluding hydrogens is 446 g/mol. The Morgan fingerprint density at radius 1 is 1.03 bits per heavy atom. The highest BCUT2D eigenvalue weighted by Crippen LogP contribution is 2.34. The second-order valence-corrected chi connectivity index (χ2v) is 9.69. The Balaban J connectivity index is 1.31. The van der Waals surface area contributed by atoms with E-state index in [9.17, 15) is 0 Å². The number of piperazine rings is 1. The topological polar surface area (TPSA) is 45.5 Å². The van der Waals surface area contributed by atoms with Crippen LogP contribution in [0.5, 0.6) is 5.75 Å². The van der Waals surface area contributed by atoms with E-state index in [1.54, 1.807) is 0 Å². The highest BCUT2D eigenvalue weighted by atomic mass is 79.9. The molecule has 2 aromatic rings. The lowest BCUT2D eigenvalue weighted by molar-refractivity contribution is 0.0260. The van der Waals surface area contributed by atoms with Crippen molar-refractivity contribution in [3.05, 3.63) is 22.9 Å². The van der Waals surface area contributed by atoms with E-state index >= 15 is 0 Å². The lowest BCUT2D eigenvalue weighted by Crippen LogP contribution is -2.52. The second-order valence-electron chi connectivity index (χ2n) is 8.84. The SMILES string of the molecule is CN1CCN(C2CCN(c3cc(OC4CCOCC4)c4c(Br)cnn4c3)CC2)CC1. The molecule has 3 fully saturated rings. The fourth-order valence-electron chi connectivity index (χ4n) is 4.95. The summed E-state index contributed by atoms with van der Waals surface area (Å²) >= 11 is 3.65. The second kappa shape index (κ2) is 9.02. The summed E-state index contributed by atoms with van der Waals surface area (Å²) in [5.74, 6) is 0.921. The molecule has 164 valence electrons. The number of anilines is 1. The summed E-state index contributed by atoms with van der Waals surface area (Å²) in [5, 5.41) is 4.55. The number of hydrogen-bond donors (Lipinski definition) is 0. The Kier molecular flexibility index (Phi) is 6.18. The van der Waals surface area contributed by atoms with Gasteiger partial charge in [-0.15, -0.1) is 0 Å². The van der Waals surface area contributed by atoms with E-state index in [2.05, 4.69) is 55.0 Å². The molecule has 0 aromatic carbocycles. The number of rotatable bonds is 4. The van der Waals surface area contributed by atoms with Crippen LogP contribution in [0.15, 0.2) is 22.9 Å².